The van der Waals surface area contributed by atoms with Crippen LogP contribution in [-0.4, -0.2) is 27.2 Å². The Bertz CT molecular complexity index is 1180. The fraction of sp³-hybridized carbons (Fsp3) is 0.567. The summed E-state index contributed by atoms with van der Waals surface area (Å²) in [6, 6.07) is 7.73. The highest BCUT2D eigenvalue weighted by Crippen LogP contribution is 2.53. The quantitative estimate of drug-likeness (QED) is 0.488. The molecule has 0 unspecified atom stereocenters. The number of phenols is 2. The SMILES string of the molecule is CC1(C)CCc2c(cc(O)c(C(=O)CCc3ccc4c(c3)C[C@@H]3C(C)(C)CCC[C@@]3(C)O4)c2O)O1. The summed E-state index contributed by atoms with van der Waals surface area (Å²) >= 11 is 0. The first kappa shape index (κ1) is 24.0. The van der Waals surface area contributed by atoms with Crippen LogP contribution in [0.4, 0.5) is 0 Å². The molecule has 0 amide bonds. The molecule has 1 aliphatic carbocycles. The number of phenolic OH excluding ortho intramolecular Hbond substituents is 2. The van der Waals surface area contributed by atoms with Gasteiger partial charge in [0.15, 0.2) is 5.78 Å². The largest absolute Gasteiger partial charge is 0.507 e. The Morgan fingerprint density at radius 1 is 1.00 bits per heavy atom. The Kier molecular flexibility index (Phi) is 5.61. The van der Waals surface area contributed by atoms with Gasteiger partial charge in [-0.3, -0.25) is 4.79 Å². The number of rotatable bonds is 4. The number of aromatic hydroxyl groups is 2. The summed E-state index contributed by atoms with van der Waals surface area (Å²) in [7, 11) is 0. The summed E-state index contributed by atoms with van der Waals surface area (Å²) in [5.41, 5.74) is 2.65. The Hall–Kier alpha value is -2.69. The topological polar surface area (TPSA) is 76.0 Å². The molecule has 2 N–H and O–H groups in total. The number of carbonyl (C=O) groups excluding carboxylic acids is 1. The van der Waals surface area contributed by atoms with Crippen molar-refractivity contribution >= 4 is 5.78 Å². The fourth-order valence-corrected chi connectivity index (χ4v) is 6.64. The van der Waals surface area contributed by atoms with Crippen LogP contribution >= 0.6 is 0 Å². The van der Waals surface area contributed by atoms with E-state index in [1.54, 1.807) is 0 Å². The van der Waals surface area contributed by atoms with Crippen molar-refractivity contribution in [2.75, 3.05) is 0 Å². The van der Waals surface area contributed by atoms with E-state index in [1.165, 1.54) is 24.5 Å². The lowest BCUT2D eigenvalue weighted by atomic mass is 9.59. The van der Waals surface area contributed by atoms with Gasteiger partial charge in [0.05, 0.1) is 0 Å². The average Bonchev–Trinajstić information content (AvgIpc) is 2.75. The van der Waals surface area contributed by atoms with E-state index in [4.69, 9.17) is 9.47 Å². The van der Waals surface area contributed by atoms with Crippen LogP contribution in [0.2, 0.25) is 0 Å². The van der Waals surface area contributed by atoms with Crippen molar-refractivity contribution in [2.24, 2.45) is 11.3 Å². The van der Waals surface area contributed by atoms with Crippen LogP contribution in [0.1, 0.15) is 93.8 Å². The van der Waals surface area contributed by atoms with Crippen molar-refractivity contribution in [3.05, 3.63) is 46.5 Å². The molecule has 5 nitrogen and oxygen atoms in total. The molecule has 2 aromatic carbocycles. The number of benzene rings is 2. The molecule has 1 saturated carbocycles. The monoisotopic (exact) mass is 478 g/mol. The first-order valence-electron chi connectivity index (χ1n) is 13.0. The number of hydrogen-bond donors (Lipinski definition) is 2. The minimum absolute atomic E-state index is 0.00747. The lowest BCUT2D eigenvalue weighted by Crippen LogP contribution is -2.53. The summed E-state index contributed by atoms with van der Waals surface area (Å²) in [5, 5.41) is 21.4. The molecule has 0 radical (unpaired) electrons. The summed E-state index contributed by atoms with van der Waals surface area (Å²) in [4.78, 5) is 13.1. The van der Waals surface area contributed by atoms with Gasteiger partial charge >= 0.3 is 0 Å². The van der Waals surface area contributed by atoms with E-state index in [1.807, 2.05) is 26.0 Å². The third-order valence-electron chi connectivity index (χ3n) is 8.69. The first-order chi connectivity index (χ1) is 16.4. The predicted molar refractivity (Wildman–Crippen MR) is 136 cm³/mol. The summed E-state index contributed by atoms with van der Waals surface area (Å²) in [5.74, 6) is 1.26. The maximum absolute atomic E-state index is 13.1. The highest BCUT2D eigenvalue weighted by Gasteiger charge is 2.50. The Balaban J connectivity index is 1.33. The number of hydrogen-bond acceptors (Lipinski definition) is 5. The van der Waals surface area contributed by atoms with Gasteiger partial charge in [0.1, 0.15) is 39.8 Å². The molecule has 0 bridgehead atoms. The van der Waals surface area contributed by atoms with Crippen LogP contribution in [-0.2, 0) is 19.3 Å². The highest BCUT2D eigenvalue weighted by molar-refractivity contribution is 6.02. The summed E-state index contributed by atoms with van der Waals surface area (Å²) in [6.45, 7) is 10.9. The number of fused-ring (bicyclic) bond motifs is 3. The summed E-state index contributed by atoms with van der Waals surface area (Å²) < 4.78 is 12.5. The second-order valence-corrected chi connectivity index (χ2v) is 12.3. The van der Waals surface area contributed by atoms with Crippen molar-refractivity contribution in [1.29, 1.82) is 0 Å². The van der Waals surface area contributed by atoms with E-state index in [0.29, 0.717) is 30.1 Å². The van der Waals surface area contributed by atoms with Gasteiger partial charge in [-0.1, -0.05) is 26.0 Å². The third-order valence-corrected chi connectivity index (χ3v) is 8.69. The number of aryl methyl sites for hydroxylation is 1. The van der Waals surface area contributed by atoms with Gasteiger partial charge in [-0.2, -0.15) is 0 Å². The van der Waals surface area contributed by atoms with Gasteiger partial charge in [0.25, 0.3) is 0 Å². The van der Waals surface area contributed by atoms with E-state index in [0.717, 1.165) is 30.6 Å². The van der Waals surface area contributed by atoms with Gasteiger partial charge in [0.2, 0.25) is 0 Å². The van der Waals surface area contributed by atoms with Crippen molar-refractivity contribution in [2.45, 2.75) is 97.2 Å². The third kappa shape index (κ3) is 4.28. The Morgan fingerprint density at radius 2 is 1.77 bits per heavy atom. The smallest absolute Gasteiger partial charge is 0.170 e. The molecule has 5 heteroatoms. The fourth-order valence-electron chi connectivity index (χ4n) is 6.64. The average molecular weight is 479 g/mol. The zero-order valence-electron chi connectivity index (χ0n) is 21.7. The van der Waals surface area contributed by atoms with Crippen LogP contribution in [0, 0.1) is 11.3 Å². The van der Waals surface area contributed by atoms with Gasteiger partial charge in [-0.25, -0.2) is 0 Å². The molecule has 0 aromatic heterocycles. The first-order valence-corrected chi connectivity index (χ1v) is 13.0. The number of Topliss-reactive ketones (excluding diaryl/α,β-unsaturated/α-hetero) is 1. The molecule has 35 heavy (non-hydrogen) atoms. The number of ether oxygens (including phenoxy) is 2. The molecule has 0 spiro atoms. The molecule has 2 heterocycles. The van der Waals surface area contributed by atoms with E-state index < -0.39 is 0 Å². The van der Waals surface area contributed by atoms with E-state index in [2.05, 4.69) is 26.8 Å². The normalized spacial score (nSPS) is 25.9. The molecule has 188 valence electrons. The van der Waals surface area contributed by atoms with E-state index in [-0.39, 0.29) is 45.9 Å². The second kappa shape index (κ2) is 8.18. The second-order valence-electron chi connectivity index (χ2n) is 12.3. The molecule has 5 rings (SSSR count). The van der Waals surface area contributed by atoms with Gasteiger partial charge in [0, 0.05) is 24.0 Å². The minimum Gasteiger partial charge on any atom is -0.507 e. The van der Waals surface area contributed by atoms with Gasteiger partial charge in [-0.15, -0.1) is 0 Å². The van der Waals surface area contributed by atoms with Crippen LogP contribution in [0.3, 0.4) is 0 Å². The van der Waals surface area contributed by atoms with Crippen LogP contribution in [0.25, 0.3) is 0 Å². The lowest BCUT2D eigenvalue weighted by Gasteiger charge is -2.53. The molecule has 2 aliphatic heterocycles. The zero-order valence-corrected chi connectivity index (χ0v) is 21.7. The molecule has 2 aromatic rings. The van der Waals surface area contributed by atoms with Crippen LogP contribution in [0.15, 0.2) is 24.3 Å². The lowest BCUT2D eigenvalue weighted by molar-refractivity contribution is -0.0815. The molecule has 2 atom stereocenters. The standard InChI is InChI=1S/C30H38O5/c1-28(2)12-6-13-30(5)25(28)16-19-15-18(8-10-23(19)35-30)7-9-21(31)26-22(32)17-24-20(27(26)33)11-14-29(3,4)34-24/h8,10,15,17,25,32-33H,6-7,9,11-14,16H2,1-5H3/t25-,30-/m1/s1. The van der Waals surface area contributed by atoms with Crippen LogP contribution < -0.4 is 9.47 Å². The molecule has 1 fully saturated rings. The van der Waals surface area contributed by atoms with Crippen molar-refractivity contribution < 1.29 is 24.5 Å². The van der Waals surface area contributed by atoms with Gasteiger partial charge < -0.3 is 19.7 Å². The highest BCUT2D eigenvalue weighted by atomic mass is 16.5. The van der Waals surface area contributed by atoms with E-state index in [9.17, 15) is 15.0 Å². The maximum atomic E-state index is 13.1. The molecular weight excluding hydrogens is 440 g/mol. The Labute approximate surface area is 208 Å². The summed E-state index contributed by atoms with van der Waals surface area (Å²) in [6.07, 6.45) is 6.58. The van der Waals surface area contributed by atoms with Crippen LogP contribution in [0.5, 0.6) is 23.0 Å². The van der Waals surface area contributed by atoms with E-state index >= 15 is 0 Å². The predicted octanol–water partition coefficient (Wildman–Crippen LogP) is 6.54. The van der Waals surface area contributed by atoms with Crippen molar-refractivity contribution in [3.63, 3.8) is 0 Å². The molecule has 0 saturated heterocycles. The number of ketones is 1. The number of carbonyl (C=O) groups is 1. The van der Waals surface area contributed by atoms with Gasteiger partial charge in [-0.05, 0) is 88.3 Å². The van der Waals surface area contributed by atoms with Crippen molar-refractivity contribution in [1.82, 2.24) is 0 Å². The zero-order chi connectivity index (χ0) is 25.2. The van der Waals surface area contributed by atoms with Crippen molar-refractivity contribution in [3.8, 4) is 23.0 Å². The molecule has 3 aliphatic rings. The minimum atomic E-state index is -0.363. The maximum Gasteiger partial charge on any atom is 0.170 e. The Morgan fingerprint density at radius 3 is 2.54 bits per heavy atom. The molecular formula is C30H38O5.